The zero-order valence-electron chi connectivity index (χ0n) is 9.72. The molecule has 1 atom stereocenters. The minimum absolute atomic E-state index is 0.197. The number of rotatable bonds is 2. The van der Waals surface area contributed by atoms with Gasteiger partial charge in [0.05, 0.1) is 18.6 Å². The van der Waals surface area contributed by atoms with Crippen LogP contribution in [0.5, 0.6) is 0 Å². The molecule has 0 spiro atoms. The smallest absolute Gasteiger partial charge is 0.362 e. The number of hydrogen-bond acceptors (Lipinski definition) is 3. The monoisotopic (exact) mass is 223 g/mol. The predicted molar refractivity (Wildman–Crippen MR) is 52.7 cm³/mol. The SMILES string of the molecule is CN1CCOCC1OC(F)(F)C(C)(C)C. The molecular formula is C10H19F2NO2. The van der Waals surface area contributed by atoms with Gasteiger partial charge in [0.15, 0.2) is 0 Å². The Hall–Kier alpha value is -0.260. The Balaban J connectivity index is 2.59. The van der Waals surface area contributed by atoms with E-state index in [2.05, 4.69) is 0 Å². The number of hydrogen-bond donors (Lipinski definition) is 0. The standard InChI is InChI=1S/C10H19F2NO2/c1-9(2,3)10(11,12)15-8-7-14-6-5-13(8)4/h8H,5-7H2,1-4H3. The van der Waals surface area contributed by atoms with Crippen LogP contribution in [0.15, 0.2) is 0 Å². The molecule has 1 rings (SSSR count). The lowest BCUT2D eigenvalue weighted by Crippen LogP contribution is -2.50. The Morgan fingerprint density at radius 3 is 2.40 bits per heavy atom. The van der Waals surface area contributed by atoms with E-state index < -0.39 is 17.8 Å². The largest absolute Gasteiger partial charge is 0.376 e. The van der Waals surface area contributed by atoms with Crippen LogP contribution in [0.3, 0.4) is 0 Å². The summed E-state index contributed by atoms with van der Waals surface area (Å²) >= 11 is 0. The zero-order chi connectivity index (χ0) is 11.7. The van der Waals surface area contributed by atoms with Crippen molar-refractivity contribution in [2.45, 2.75) is 33.1 Å². The van der Waals surface area contributed by atoms with Gasteiger partial charge in [0.1, 0.15) is 6.23 Å². The predicted octanol–water partition coefficient (Wildman–Crippen LogP) is 1.93. The van der Waals surface area contributed by atoms with Crippen LogP contribution in [0, 0.1) is 5.41 Å². The first-order valence-corrected chi connectivity index (χ1v) is 5.08. The number of nitrogens with zero attached hydrogens (tertiary/aromatic N) is 1. The van der Waals surface area contributed by atoms with Crippen LogP contribution in [0.2, 0.25) is 0 Å². The fraction of sp³-hybridized carbons (Fsp3) is 1.00. The summed E-state index contributed by atoms with van der Waals surface area (Å²) in [4.78, 5) is 1.74. The molecule has 0 amide bonds. The summed E-state index contributed by atoms with van der Waals surface area (Å²) in [6.07, 6.45) is -3.81. The number of ether oxygens (including phenoxy) is 2. The second kappa shape index (κ2) is 4.31. The van der Waals surface area contributed by atoms with Crippen molar-refractivity contribution in [3.8, 4) is 0 Å². The van der Waals surface area contributed by atoms with E-state index in [9.17, 15) is 8.78 Å². The lowest BCUT2D eigenvalue weighted by molar-refractivity contribution is -0.343. The number of halogens is 2. The fourth-order valence-corrected chi connectivity index (χ4v) is 1.14. The van der Waals surface area contributed by atoms with E-state index in [1.54, 1.807) is 11.9 Å². The number of likely N-dealkylation sites (N-methyl/N-ethyl adjacent to an activating group) is 1. The maximum absolute atomic E-state index is 13.6. The normalized spacial score (nSPS) is 25.6. The third-order valence-corrected chi connectivity index (χ3v) is 2.50. The molecule has 1 aliphatic rings. The van der Waals surface area contributed by atoms with Crippen molar-refractivity contribution in [2.75, 3.05) is 26.8 Å². The zero-order valence-corrected chi connectivity index (χ0v) is 9.72. The molecule has 1 heterocycles. The van der Waals surface area contributed by atoms with Gasteiger partial charge in [0, 0.05) is 6.54 Å². The second-order valence-corrected chi connectivity index (χ2v) is 4.89. The van der Waals surface area contributed by atoms with Crippen LogP contribution in [-0.2, 0) is 9.47 Å². The molecule has 90 valence electrons. The number of alkyl halides is 2. The molecule has 0 bridgehead atoms. The van der Waals surface area contributed by atoms with Crippen molar-refractivity contribution in [1.82, 2.24) is 4.90 Å². The molecule has 0 aliphatic carbocycles. The van der Waals surface area contributed by atoms with Gasteiger partial charge in [-0.3, -0.25) is 9.64 Å². The first kappa shape index (κ1) is 12.8. The minimum Gasteiger partial charge on any atom is -0.376 e. The summed E-state index contributed by atoms with van der Waals surface area (Å²) < 4.78 is 37.1. The van der Waals surface area contributed by atoms with E-state index in [-0.39, 0.29) is 6.61 Å². The Labute approximate surface area is 89.3 Å². The van der Waals surface area contributed by atoms with Gasteiger partial charge >= 0.3 is 6.11 Å². The van der Waals surface area contributed by atoms with Crippen molar-refractivity contribution in [3.05, 3.63) is 0 Å². The van der Waals surface area contributed by atoms with Gasteiger partial charge in [-0.2, -0.15) is 8.78 Å². The molecular weight excluding hydrogens is 204 g/mol. The molecule has 0 radical (unpaired) electrons. The molecule has 0 aromatic rings. The van der Waals surface area contributed by atoms with Gasteiger partial charge in [-0.05, 0) is 7.05 Å². The summed E-state index contributed by atoms with van der Waals surface area (Å²) in [5.74, 6) is 0. The third kappa shape index (κ3) is 3.09. The molecule has 0 aromatic carbocycles. The van der Waals surface area contributed by atoms with Crippen LogP contribution in [0.4, 0.5) is 8.78 Å². The van der Waals surface area contributed by atoms with E-state index in [0.29, 0.717) is 13.2 Å². The topological polar surface area (TPSA) is 21.7 Å². The van der Waals surface area contributed by atoms with Gasteiger partial charge < -0.3 is 4.74 Å². The van der Waals surface area contributed by atoms with Crippen LogP contribution < -0.4 is 0 Å². The van der Waals surface area contributed by atoms with E-state index in [1.165, 1.54) is 20.8 Å². The first-order chi connectivity index (χ1) is 6.74. The number of morpholine rings is 1. The molecule has 1 unspecified atom stereocenters. The minimum atomic E-state index is -3.15. The van der Waals surface area contributed by atoms with Crippen LogP contribution in [-0.4, -0.2) is 44.0 Å². The molecule has 1 fully saturated rings. The van der Waals surface area contributed by atoms with Gasteiger partial charge in [-0.25, -0.2) is 0 Å². The highest BCUT2D eigenvalue weighted by Crippen LogP contribution is 2.38. The van der Waals surface area contributed by atoms with Crippen molar-refractivity contribution >= 4 is 0 Å². The highest BCUT2D eigenvalue weighted by atomic mass is 19.3. The molecule has 0 aromatic heterocycles. The van der Waals surface area contributed by atoms with Crippen LogP contribution >= 0.6 is 0 Å². The highest BCUT2D eigenvalue weighted by Gasteiger charge is 2.47. The van der Waals surface area contributed by atoms with Gasteiger partial charge in [0.2, 0.25) is 0 Å². The van der Waals surface area contributed by atoms with Crippen molar-refractivity contribution in [2.24, 2.45) is 5.41 Å². The molecule has 1 aliphatic heterocycles. The molecule has 1 saturated heterocycles. The maximum atomic E-state index is 13.6. The molecule has 15 heavy (non-hydrogen) atoms. The van der Waals surface area contributed by atoms with Crippen molar-refractivity contribution < 1.29 is 18.3 Å². The van der Waals surface area contributed by atoms with Gasteiger partial charge in [0.25, 0.3) is 0 Å². The third-order valence-electron chi connectivity index (χ3n) is 2.50. The average Bonchev–Trinajstić information content (AvgIpc) is 2.06. The summed E-state index contributed by atoms with van der Waals surface area (Å²) in [5.41, 5.74) is -1.20. The Morgan fingerprint density at radius 1 is 1.33 bits per heavy atom. The molecule has 0 saturated carbocycles. The van der Waals surface area contributed by atoms with Crippen LogP contribution in [0.1, 0.15) is 20.8 Å². The highest BCUT2D eigenvalue weighted by molar-refractivity contribution is 4.75. The molecule has 0 N–H and O–H groups in total. The van der Waals surface area contributed by atoms with E-state index in [4.69, 9.17) is 9.47 Å². The van der Waals surface area contributed by atoms with Crippen molar-refractivity contribution in [1.29, 1.82) is 0 Å². The Morgan fingerprint density at radius 2 is 1.93 bits per heavy atom. The molecule has 3 nitrogen and oxygen atoms in total. The van der Waals surface area contributed by atoms with E-state index >= 15 is 0 Å². The average molecular weight is 223 g/mol. The maximum Gasteiger partial charge on any atom is 0.362 e. The van der Waals surface area contributed by atoms with Gasteiger partial charge in [-0.1, -0.05) is 20.8 Å². The summed E-state index contributed by atoms with van der Waals surface area (Å²) in [6.45, 7) is 5.74. The summed E-state index contributed by atoms with van der Waals surface area (Å²) in [5, 5.41) is 0. The molecule has 5 heteroatoms. The summed E-state index contributed by atoms with van der Waals surface area (Å²) in [7, 11) is 1.76. The summed E-state index contributed by atoms with van der Waals surface area (Å²) in [6, 6.07) is 0. The van der Waals surface area contributed by atoms with E-state index in [0.717, 1.165) is 0 Å². The Kier molecular flexibility index (Phi) is 3.68. The first-order valence-electron chi connectivity index (χ1n) is 5.08. The van der Waals surface area contributed by atoms with Crippen molar-refractivity contribution in [3.63, 3.8) is 0 Å². The van der Waals surface area contributed by atoms with E-state index in [1.807, 2.05) is 0 Å². The van der Waals surface area contributed by atoms with Gasteiger partial charge in [-0.15, -0.1) is 0 Å². The lowest BCUT2D eigenvalue weighted by Gasteiger charge is -2.38. The lowest BCUT2D eigenvalue weighted by atomic mass is 9.95. The second-order valence-electron chi connectivity index (χ2n) is 4.89. The van der Waals surface area contributed by atoms with Crippen LogP contribution in [0.25, 0.3) is 0 Å². The Bertz CT molecular complexity index is 216. The quantitative estimate of drug-likeness (QED) is 0.714. The fourth-order valence-electron chi connectivity index (χ4n) is 1.14.